The molecule has 2 aromatic rings. The smallest absolute Gasteiger partial charge is 0.310 e. The number of carbonyl (C=O) groups excluding carboxylic acids is 2. The van der Waals surface area contributed by atoms with E-state index in [0.717, 1.165) is 56.3 Å². The number of carbonyl (C=O) groups is 2. The summed E-state index contributed by atoms with van der Waals surface area (Å²) in [6.07, 6.45) is 7.80. The van der Waals surface area contributed by atoms with Crippen LogP contribution in [0.1, 0.15) is 62.7 Å². The first-order valence-corrected chi connectivity index (χ1v) is 12.2. The van der Waals surface area contributed by atoms with Gasteiger partial charge in [-0.1, -0.05) is 42.0 Å². The van der Waals surface area contributed by atoms with Crippen LogP contribution < -0.4 is 0 Å². The minimum absolute atomic E-state index is 0.00774. The predicted molar refractivity (Wildman–Crippen MR) is 122 cm³/mol. The molecule has 8 heteroatoms. The van der Waals surface area contributed by atoms with Crippen molar-refractivity contribution in [3.8, 4) is 0 Å². The normalized spacial score (nSPS) is 23.7. The van der Waals surface area contributed by atoms with Crippen LogP contribution in [0.5, 0.6) is 0 Å². The number of ether oxygens (including phenoxy) is 2. The zero-order valence-electron chi connectivity index (χ0n) is 19.4. The molecule has 2 aliphatic rings. The Bertz CT molecular complexity index is 916. The van der Waals surface area contributed by atoms with Crippen molar-refractivity contribution < 1.29 is 19.1 Å². The highest BCUT2D eigenvalue weighted by atomic mass is 16.5. The quantitative estimate of drug-likeness (QED) is 0.566. The summed E-state index contributed by atoms with van der Waals surface area (Å²) in [5, 5.41) is 8.78. The molecule has 2 heterocycles. The first-order valence-electron chi connectivity index (χ1n) is 12.2. The van der Waals surface area contributed by atoms with Crippen LogP contribution in [-0.4, -0.2) is 57.6 Å². The minimum atomic E-state index is -0.197. The van der Waals surface area contributed by atoms with Crippen molar-refractivity contribution in [3.05, 3.63) is 47.8 Å². The molecule has 0 N–H and O–H groups in total. The molecule has 0 bridgehead atoms. The fourth-order valence-electron chi connectivity index (χ4n) is 4.92. The lowest BCUT2D eigenvalue weighted by atomic mass is 9.92. The van der Waals surface area contributed by atoms with Crippen molar-refractivity contribution in [1.29, 1.82) is 0 Å². The van der Waals surface area contributed by atoms with Gasteiger partial charge in [0.25, 0.3) is 0 Å². The molecule has 2 fully saturated rings. The van der Waals surface area contributed by atoms with Gasteiger partial charge in [0.1, 0.15) is 6.10 Å². The first kappa shape index (κ1) is 23.4. The Morgan fingerprint density at radius 2 is 1.91 bits per heavy atom. The highest BCUT2D eigenvalue weighted by Crippen LogP contribution is 2.31. The van der Waals surface area contributed by atoms with Gasteiger partial charge in [-0.05, 0) is 51.1 Å². The molecular formula is C25H34N4O4. The summed E-state index contributed by atoms with van der Waals surface area (Å²) in [5.41, 5.74) is 1.83. The molecule has 8 nitrogen and oxygen atoms in total. The maximum Gasteiger partial charge on any atom is 0.310 e. The summed E-state index contributed by atoms with van der Waals surface area (Å²) in [4.78, 5) is 26.9. The van der Waals surface area contributed by atoms with Gasteiger partial charge >= 0.3 is 11.9 Å². The second-order valence-electron chi connectivity index (χ2n) is 9.06. The number of esters is 2. The molecule has 1 aliphatic carbocycles. The van der Waals surface area contributed by atoms with Gasteiger partial charge in [-0.15, -0.1) is 5.10 Å². The van der Waals surface area contributed by atoms with E-state index in [0.29, 0.717) is 19.7 Å². The maximum atomic E-state index is 12.5. The molecule has 1 aliphatic heterocycles. The molecule has 3 unspecified atom stereocenters. The molecule has 1 aromatic carbocycles. The highest BCUT2D eigenvalue weighted by Gasteiger charge is 2.31. The molecular weight excluding hydrogens is 420 g/mol. The summed E-state index contributed by atoms with van der Waals surface area (Å²) in [6, 6.07) is 9.69. The van der Waals surface area contributed by atoms with Crippen LogP contribution in [0.2, 0.25) is 0 Å². The third kappa shape index (κ3) is 6.41. The van der Waals surface area contributed by atoms with Crippen molar-refractivity contribution >= 4 is 11.9 Å². The molecule has 33 heavy (non-hydrogen) atoms. The molecule has 0 spiro atoms. The summed E-state index contributed by atoms with van der Waals surface area (Å²) in [6.45, 7) is 4.54. The van der Waals surface area contributed by atoms with Crippen molar-refractivity contribution in [1.82, 2.24) is 19.9 Å². The van der Waals surface area contributed by atoms with Crippen LogP contribution in [-0.2, 0) is 32.0 Å². The van der Waals surface area contributed by atoms with Crippen LogP contribution in [0.15, 0.2) is 36.5 Å². The fraction of sp³-hybridized carbons (Fsp3) is 0.600. The number of hydrogen-bond acceptors (Lipinski definition) is 7. The van der Waals surface area contributed by atoms with Crippen LogP contribution in [0, 0.1) is 5.92 Å². The lowest BCUT2D eigenvalue weighted by Gasteiger charge is -2.31. The van der Waals surface area contributed by atoms with E-state index in [1.165, 1.54) is 0 Å². The van der Waals surface area contributed by atoms with Crippen LogP contribution in [0.4, 0.5) is 0 Å². The monoisotopic (exact) mass is 454 g/mol. The molecule has 1 aromatic heterocycles. The summed E-state index contributed by atoms with van der Waals surface area (Å²) in [5.74, 6) is -0.370. The lowest BCUT2D eigenvalue weighted by molar-refractivity contribution is -0.152. The molecule has 4 rings (SSSR count). The van der Waals surface area contributed by atoms with Crippen LogP contribution in [0.25, 0.3) is 0 Å². The van der Waals surface area contributed by atoms with Gasteiger partial charge in [-0.3, -0.25) is 14.5 Å². The van der Waals surface area contributed by atoms with Crippen molar-refractivity contribution in [3.63, 3.8) is 0 Å². The zero-order chi connectivity index (χ0) is 23.0. The molecule has 3 atom stereocenters. The van der Waals surface area contributed by atoms with Gasteiger partial charge in [-0.25, -0.2) is 4.68 Å². The van der Waals surface area contributed by atoms with Gasteiger partial charge in [-0.2, -0.15) is 0 Å². The van der Waals surface area contributed by atoms with Crippen LogP contribution >= 0.6 is 0 Å². The Hall–Kier alpha value is -2.74. The number of nitrogens with zero attached hydrogens (tertiary/aromatic N) is 4. The number of piperidine rings is 1. The average Bonchev–Trinajstić information content (AvgIpc) is 3.28. The Kier molecular flexibility index (Phi) is 8.10. The third-order valence-electron chi connectivity index (χ3n) is 6.55. The summed E-state index contributed by atoms with van der Waals surface area (Å²) >= 11 is 0. The van der Waals surface area contributed by atoms with E-state index in [1.54, 1.807) is 0 Å². The second-order valence-corrected chi connectivity index (χ2v) is 9.06. The Labute approximate surface area is 195 Å². The van der Waals surface area contributed by atoms with Gasteiger partial charge < -0.3 is 9.47 Å². The molecule has 178 valence electrons. The van der Waals surface area contributed by atoms with Gasteiger partial charge in [0, 0.05) is 13.1 Å². The summed E-state index contributed by atoms with van der Waals surface area (Å²) in [7, 11) is 0. The highest BCUT2D eigenvalue weighted by molar-refractivity contribution is 5.73. The molecule has 0 radical (unpaired) electrons. The van der Waals surface area contributed by atoms with E-state index in [1.807, 2.05) is 48.1 Å². The average molecular weight is 455 g/mol. The lowest BCUT2D eigenvalue weighted by Crippen LogP contribution is -2.39. The largest absolute Gasteiger partial charge is 0.466 e. The SMILES string of the molecule is CCOC(=O)C1CCCN(Cc2cn(C3CCCCC3OC(=O)Cc3ccccc3)nn2)C1. The third-order valence-corrected chi connectivity index (χ3v) is 6.55. The number of benzene rings is 1. The Morgan fingerprint density at radius 1 is 1.09 bits per heavy atom. The van der Waals surface area contributed by atoms with E-state index in [-0.39, 0.29) is 36.4 Å². The topological polar surface area (TPSA) is 86.5 Å². The number of likely N-dealkylation sites (tertiary alicyclic amines) is 1. The number of hydrogen-bond donors (Lipinski definition) is 0. The van der Waals surface area contributed by atoms with Crippen molar-refractivity contribution in [2.75, 3.05) is 19.7 Å². The fourth-order valence-corrected chi connectivity index (χ4v) is 4.92. The minimum Gasteiger partial charge on any atom is -0.466 e. The number of rotatable bonds is 8. The van der Waals surface area contributed by atoms with E-state index in [4.69, 9.17) is 9.47 Å². The summed E-state index contributed by atoms with van der Waals surface area (Å²) < 4.78 is 13.0. The Morgan fingerprint density at radius 3 is 2.73 bits per heavy atom. The zero-order valence-corrected chi connectivity index (χ0v) is 19.4. The second kappa shape index (κ2) is 11.4. The van der Waals surface area contributed by atoms with Crippen molar-refractivity contribution in [2.45, 2.75) is 70.6 Å². The van der Waals surface area contributed by atoms with Crippen molar-refractivity contribution in [2.24, 2.45) is 5.92 Å². The van der Waals surface area contributed by atoms with E-state index in [9.17, 15) is 9.59 Å². The molecule has 1 saturated carbocycles. The molecule has 1 saturated heterocycles. The van der Waals surface area contributed by atoms with E-state index in [2.05, 4.69) is 15.2 Å². The Balaban J connectivity index is 1.34. The standard InChI is InChI=1S/C25H34N4O4/c1-2-32-25(31)20-11-8-14-28(16-20)17-21-18-29(27-26-21)22-12-6-7-13-23(22)33-24(30)15-19-9-4-3-5-10-19/h3-5,9-10,18,20,22-23H,2,6-8,11-17H2,1H3. The number of aromatic nitrogens is 3. The van der Waals surface area contributed by atoms with E-state index < -0.39 is 0 Å². The first-order chi connectivity index (χ1) is 16.1. The van der Waals surface area contributed by atoms with Gasteiger partial charge in [0.15, 0.2) is 0 Å². The predicted octanol–water partition coefficient (Wildman–Crippen LogP) is 3.32. The van der Waals surface area contributed by atoms with Gasteiger partial charge in [0.2, 0.25) is 0 Å². The maximum absolute atomic E-state index is 12.5. The van der Waals surface area contributed by atoms with E-state index >= 15 is 0 Å². The van der Waals surface area contributed by atoms with Gasteiger partial charge in [0.05, 0.1) is 36.9 Å². The van der Waals surface area contributed by atoms with Crippen LogP contribution in [0.3, 0.4) is 0 Å². The molecule has 0 amide bonds.